The van der Waals surface area contributed by atoms with Crippen LogP contribution in [-0.4, -0.2) is 23.2 Å². The highest BCUT2D eigenvalue weighted by molar-refractivity contribution is 5.68. The van der Waals surface area contributed by atoms with Gasteiger partial charge in [-0.05, 0) is 26.0 Å². The smallest absolute Gasteiger partial charge is 0.165 e. The van der Waals surface area contributed by atoms with Crippen LogP contribution in [0.25, 0.3) is 11.3 Å². The predicted octanol–water partition coefficient (Wildman–Crippen LogP) is 2.77. The summed E-state index contributed by atoms with van der Waals surface area (Å²) in [6.45, 7) is 3.27. The maximum absolute atomic E-state index is 13.8. The summed E-state index contributed by atoms with van der Waals surface area (Å²) in [5, 5.41) is 4.10. The second-order valence-electron chi connectivity index (χ2n) is 4.86. The van der Waals surface area contributed by atoms with Crippen LogP contribution in [-0.2, 0) is 10.3 Å². The van der Waals surface area contributed by atoms with Gasteiger partial charge < -0.3 is 9.53 Å². The number of methoxy groups -OCH3 is 1. The average molecular weight is 280 g/mol. The number of hydrogen-bond acceptors (Lipinski definition) is 3. The summed E-state index contributed by atoms with van der Waals surface area (Å²) in [7, 11) is 1.37. The van der Waals surface area contributed by atoms with Gasteiger partial charge in [-0.3, -0.25) is 4.68 Å². The normalized spacial score (nSPS) is 11.4. The minimum atomic E-state index is -0.937. The van der Waals surface area contributed by atoms with Crippen LogP contribution in [0.2, 0.25) is 0 Å². The Labute approximate surface area is 115 Å². The van der Waals surface area contributed by atoms with Gasteiger partial charge in [-0.25, -0.2) is 8.78 Å². The first-order chi connectivity index (χ1) is 9.40. The summed E-state index contributed by atoms with van der Waals surface area (Å²) in [4.78, 5) is 11.1. The Kier molecular flexibility index (Phi) is 3.57. The fourth-order valence-electron chi connectivity index (χ4n) is 1.75. The molecule has 0 aliphatic heterocycles. The molecular formula is C14H14F2N2O2. The summed E-state index contributed by atoms with van der Waals surface area (Å²) in [6.07, 6.45) is 2.14. The lowest BCUT2D eigenvalue weighted by molar-refractivity contribution is -0.114. The van der Waals surface area contributed by atoms with Crippen LogP contribution in [0, 0.1) is 11.6 Å². The summed E-state index contributed by atoms with van der Waals surface area (Å²) in [5.41, 5.74) is -1.18. The largest absolute Gasteiger partial charge is 0.493 e. The van der Waals surface area contributed by atoms with E-state index in [0.717, 1.165) is 12.1 Å². The van der Waals surface area contributed by atoms with E-state index in [9.17, 15) is 13.6 Å². The molecule has 0 radical (unpaired) electrons. The molecule has 0 fully saturated rings. The van der Waals surface area contributed by atoms with E-state index < -0.39 is 17.2 Å². The van der Waals surface area contributed by atoms with Crippen molar-refractivity contribution in [2.75, 3.05) is 7.11 Å². The third kappa shape index (κ3) is 2.29. The van der Waals surface area contributed by atoms with Crippen molar-refractivity contribution in [3.05, 3.63) is 36.0 Å². The minimum Gasteiger partial charge on any atom is -0.493 e. The maximum atomic E-state index is 13.8. The molecular weight excluding hydrogens is 266 g/mol. The molecule has 0 atom stereocenters. The van der Waals surface area contributed by atoms with E-state index in [0.29, 0.717) is 6.29 Å². The van der Waals surface area contributed by atoms with Gasteiger partial charge in [0.1, 0.15) is 29.2 Å². The van der Waals surface area contributed by atoms with Crippen molar-refractivity contribution in [3.8, 4) is 17.0 Å². The number of aldehydes is 1. The number of hydrogen-bond donors (Lipinski definition) is 0. The Morgan fingerprint density at radius 1 is 1.30 bits per heavy atom. The van der Waals surface area contributed by atoms with E-state index in [1.54, 1.807) is 13.8 Å². The monoisotopic (exact) mass is 280 g/mol. The van der Waals surface area contributed by atoms with Gasteiger partial charge >= 0.3 is 0 Å². The van der Waals surface area contributed by atoms with Crippen LogP contribution in [0.15, 0.2) is 24.4 Å². The van der Waals surface area contributed by atoms with E-state index in [4.69, 9.17) is 4.74 Å². The van der Waals surface area contributed by atoms with Gasteiger partial charge in [-0.2, -0.15) is 5.10 Å². The van der Waals surface area contributed by atoms with Crippen LogP contribution in [0.4, 0.5) is 8.78 Å². The van der Waals surface area contributed by atoms with Gasteiger partial charge in [0.2, 0.25) is 0 Å². The molecule has 0 unspecified atom stereocenters. The Morgan fingerprint density at radius 3 is 2.40 bits per heavy atom. The molecule has 106 valence electrons. The van der Waals surface area contributed by atoms with Gasteiger partial charge in [0.25, 0.3) is 0 Å². The Bertz CT molecular complexity index is 630. The molecule has 1 aromatic heterocycles. The van der Waals surface area contributed by atoms with Crippen molar-refractivity contribution >= 4 is 6.29 Å². The number of halogens is 2. The molecule has 0 aliphatic carbocycles. The summed E-state index contributed by atoms with van der Waals surface area (Å²) in [5.74, 6) is -1.28. The lowest BCUT2D eigenvalue weighted by atomic mass is 10.1. The molecule has 2 aromatic rings. The quantitative estimate of drug-likeness (QED) is 0.809. The summed E-state index contributed by atoms with van der Waals surface area (Å²) < 4.78 is 34.1. The second kappa shape index (κ2) is 5.03. The summed E-state index contributed by atoms with van der Waals surface area (Å²) >= 11 is 0. The number of ether oxygens (including phenoxy) is 1. The van der Waals surface area contributed by atoms with E-state index >= 15 is 0 Å². The molecule has 4 nitrogen and oxygen atoms in total. The zero-order valence-corrected chi connectivity index (χ0v) is 11.4. The minimum absolute atomic E-state index is 0.0259. The first-order valence-electron chi connectivity index (χ1n) is 5.95. The Balaban J connectivity index is 2.66. The highest BCUT2D eigenvalue weighted by Gasteiger charge is 2.26. The molecule has 1 heterocycles. The van der Waals surface area contributed by atoms with Crippen molar-refractivity contribution in [1.29, 1.82) is 0 Å². The Hall–Kier alpha value is -2.24. The third-order valence-corrected chi connectivity index (χ3v) is 2.98. The highest BCUT2D eigenvalue weighted by atomic mass is 19.1. The number of aromatic nitrogens is 2. The molecule has 0 saturated carbocycles. The molecule has 0 aliphatic rings. The lowest BCUT2D eigenvalue weighted by Gasteiger charge is -2.16. The van der Waals surface area contributed by atoms with E-state index in [-0.39, 0.29) is 17.0 Å². The van der Waals surface area contributed by atoms with Crippen LogP contribution >= 0.6 is 0 Å². The number of rotatable bonds is 4. The molecule has 20 heavy (non-hydrogen) atoms. The Morgan fingerprint density at radius 2 is 1.90 bits per heavy atom. The van der Waals surface area contributed by atoms with Crippen molar-refractivity contribution in [2.24, 2.45) is 0 Å². The van der Waals surface area contributed by atoms with Crippen LogP contribution in [0.1, 0.15) is 13.8 Å². The van der Waals surface area contributed by atoms with Crippen LogP contribution in [0.5, 0.6) is 5.75 Å². The number of carbonyl (C=O) groups is 1. The molecule has 1 aromatic carbocycles. The van der Waals surface area contributed by atoms with E-state index in [2.05, 4.69) is 5.10 Å². The molecule has 0 saturated heterocycles. The maximum Gasteiger partial charge on any atom is 0.165 e. The third-order valence-electron chi connectivity index (χ3n) is 2.98. The van der Waals surface area contributed by atoms with Crippen molar-refractivity contribution < 1.29 is 18.3 Å². The molecule has 0 spiro atoms. The van der Waals surface area contributed by atoms with E-state index in [1.807, 2.05) is 0 Å². The number of benzene rings is 1. The highest BCUT2D eigenvalue weighted by Crippen LogP contribution is 2.33. The van der Waals surface area contributed by atoms with Crippen molar-refractivity contribution in [2.45, 2.75) is 19.4 Å². The van der Waals surface area contributed by atoms with Crippen LogP contribution in [0.3, 0.4) is 0 Å². The zero-order valence-electron chi connectivity index (χ0n) is 11.4. The van der Waals surface area contributed by atoms with E-state index in [1.165, 1.54) is 24.1 Å². The van der Waals surface area contributed by atoms with Crippen LogP contribution < -0.4 is 4.74 Å². The van der Waals surface area contributed by atoms with Gasteiger partial charge in [0.15, 0.2) is 5.75 Å². The molecule has 0 N–H and O–H groups in total. The predicted molar refractivity (Wildman–Crippen MR) is 69.5 cm³/mol. The van der Waals surface area contributed by atoms with Crippen molar-refractivity contribution in [1.82, 2.24) is 9.78 Å². The molecule has 0 bridgehead atoms. The lowest BCUT2D eigenvalue weighted by Crippen LogP contribution is -2.28. The fraction of sp³-hybridized carbons (Fsp3) is 0.286. The van der Waals surface area contributed by atoms with Gasteiger partial charge in [0.05, 0.1) is 18.9 Å². The molecule has 6 heteroatoms. The summed E-state index contributed by atoms with van der Waals surface area (Å²) in [6, 6.07) is 3.55. The average Bonchev–Trinajstić information content (AvgIpc) is 2.83. The van der Waals surface area contributed by atoms with Gasteiger partial charge in [-0.15, -0.1) is 0 Å². The molecule has 2 rings (SSSR count). The standard InChI is InChI=1S/C14H14F2N2O2/c1-14(2,8-19)18-7-11(20-3)13(17-18)12-9(15)5-4-6-10(12)16/h4-8H,1-3H3. The first-order valence-corrected chi connectivity index (χ1v) is 5.95. The second-order valence-corrected chi connectivity index (χ2v) is 4.86. The zero-order chi connectivity index (χ0) is 14.9. The first kappa shape index (κ1) is 14.2. The topological polar surface area (TPSA) is 44.1 Å². The van der Waals surface area contributed by atoms with Crippen molar-refractivity contribution in [3.63, 3.8) is 0 Å². The van der Waals surface area contributed by atoms with Gasteiger partial charge in [-0.1, -0.05) is 6.07 Å². The number of carbonyl (C=O) groups excluding carboxylic acids is 1. The number of nitrogens with zero attached hydrogens (tertiary/aromatic N) is 2. The van der Waals surface area contributed by atoms with Gasteiger partial charge in [0, 0.05) is 0 Å². The molecule has 0 amide bonds. The fourth-order valence-corrected chi connectivity index (χ4v) is 1.75. The SMILES string of the molecule is COc1cn(C(C)(C)C=O)nc1-c1c(F)cccc1F.